The molecule has 0 N–H and O–H groups in total. The molecule has 3 rings (SSSR count). The van der Waals surface area contributed by atoms with E-state index >= 15 is 0 Å². The third kappa shape index (κ3) is 2.49. The Morgan fingerprint density at radius 3 is 2.38 bits per heavy atom. The van der Waals surface area contributed by atoms with Gasteiger partial charge in [-0.1, -0.05) is 18.2 Å². The molecule has 2 heterocycles. The summed E-state index contributed by atoms with van der Waals surface area (Å²) in [5.74, 6) is -0.947. The summed E-state index contributed by atoms with van der Waals surface area (Å²) in [6.45, 7) is 2.36. The third-order valence-corrected chi connectivity index (χ3v) is 4.07. The lowest BCUT2D eigenvalue weighted by Gasteiger charge is -2.32. The fourth-order valence-corrected chi connectivity index (χ4v) is 2.83. The Labute approximate surface area is 122 Å². The number of piperazine rings is 1. The van der Waals surface area contributed by atoms with Gasteiger partial charge in [0.25, 0.3) is 0 Å². The molecule has 21 heavy (non-hydrogen) atoms. The molecule has 110 valence electrons. The Bertz CT molecular complexity index is 579. The predicted molar refractivity (Wildman–Crippen MR) is 76.7 cm³/mol. The van der Waals surface area contributed by atoms with Crippen molar-refractivity contribution in [3.63, 3.8) is 0 Å². The van der Waals surface area contributed by atoms with Crippen molar-refractivity contribution < 1.29 is 14.4 Å². The fourth-order valence-electron chi connectivity index (χ4n) is 2.83. The van der Waals surface area contributed by atoms with Crippen molar-refractivity contribution in [3.8, 4) is 0 Å². The lowest BCUT2D eigenvalue weighted by atomic mass is 10.2. The Morgan fingerprint density at radius 1 is 0.952 bits per heavy atom. The molecule has 3 amide bonds. The molecule has 0 saturated carbocycles. The zero-order valence-corrected chi connectivity index (χ0v) is 11.7. The maximum absolute atomic E-state index is 12.4. The van der Waals surface area contributed by atoms with Crippen LogP contribution in [0.2, 0.25) is 0 Å². The van der Waals surface area contributed by atoms with Crippen LogP contribution in [0.4, 0.5) is 5.69 Å². The number of nitrogens with zero attached hydrogens (tertiary/aromatic N) is 3. The molecule has 0 spiro atoms. The lowest BCUT2D eigenvalue weighted by molar-refractivity contribution is -0.146. The first-order valence-electron chi connectivity index (χ1n) is 7.09. The summed E-state index contributed by atoms with van der Waals surface area (Å²) >= 11 is 0. The number of benzene rings is 1. The van der Waals surface area contributed by atoms with Crippen LogP contribution in [-0.4, -0.2) is 60.7 Å². The Balaban J connectivity index is 1.69. The van der Waals surface area contributed by atoms with Gasteiger partial charge < -0.3 is 14.7 Å². The molecule has 0 aliphatic carbocycles. The van der Waals surface area contributed by atoms with E-state index in [1.54, 1.807) is 9.80 Å². The third-order valence-electron chi connectivity index (χ3n) is 4.07. The van der Waals surface area contributed by atoms with Crippen LogP contribution >= 0.6 is 0 Å². The van der Waals surface area contributed by atoms with E-state index in [4.69, 9.17) is 0 Å². The molecule has 0 bridgehead atoms. The number of carbonyl (C=O) groups is 3. The molecule has 1 saturated heterocycles. The van der Waals surface area contributed by atoms with E-state index in [1.807, 2.05) is 24.3 Å². The zero-order valence-electron chi connectivity index (χ0n) is 11.7. The monoisotopic (exact) mass is 287 g/mol. The number of rotatable bonds is 1. The van der Waals surface area contributed by atoms with E-state index in [2.05, 4.69) is 0 Å². The van der Waals surface area contributed by atoms with Crippen LogP contribution in [0.3, 0.4) is 0 Å². The summed E-state index contributed by atoms with van der Waals surface area (Å²) in [6.07, 6.45) is 1.56. The number of fused-ring (bicyclic) bond motifs is 1. The second-order valence-electron chi connectivity index (χ2n) is 5.27. The molecule has 0 unspecified atom stereocenters. The first kappa shape index (κ1) is 13.6. The summed E-state index contributed by atoms with van der Waals surface area (Å²) in [5, 5.41) is 0. The first-order chi connectivity index (χ1) is 10.2. The van der Waals surface area contributed by atoms with E-state index in [-0.39, 0.29) is 0 Å². The minimum absolute atomic E-state index is 0.415. The van der Waals surface area contributed by atoms with Crippen LogP contribution < -0.4 is 4.90 Å². The highest BCUT2D eigenvalue weighted by Crippen LogP contribution is 2.27. The van der Waals surface area contributed by atoms with Crippen molar-refractivity contribution in [1.82, 2.24) is 9.80 Å². The SMILES string of the molecule is O=CN1CCN(C(=O)C(=O)N2CCc3ccccc32)CC1. The number of hydrogen-bond acceptors (Lipinski definition) is 3. The van der Waals surface area contributed by atoms with Crippen molar-refractivity contribution in [3.05, 3.63) is 29.8 Å². The van der Waals surface area contributed by atoms with Gasteiger partial charge in [-0.25, -0.2) is 0 Å². The highest BCUT2D eigenvalue weighted by molar-refractivity contribution is 6.40. The van der Waals surface area contributed by atoms with Gasteiger partial charge in [-0.3, -0.25) is 14.4 Å². The van der Waals surface area contributed by atoms with E-state index in [0.717, 1.165) is 24.1 Å². The Kier molecular flexibility index (Phi) is 3.60. The van der Waals surface area contributed by atoms with E-state index < -0.39 is 11.8 Å². The number of anilines is 1. The highest BCUT2D eigenvalue weighted by Gasteiger charge is 2.33. The molecule has 0 aromatic heterocycles. The van der Waals surface area contributed by atoms with Gasteiger partial charge in [-0.15, -0.1) is 0 Å². The predicted octanol–water partition coefficient (Wildman–Crippen LogP) is -0.124. The molecule has 0 atom stereocenters. The molecule has 0 radical (unpaired) electrons. The molecular weight excluding hydrogens is 270 g/mol. The normalized spacial score (nSPS) is 17.6. The van der Waals surface area contributed by atoms with E-state index in [9.17, 15) is 14.4 Å². The lowest BCUT2D eigenvalue weighted by Crippen LogP contribution is -2.52. The molecular formula is C15H17N3O3. The van der Waals surface area contributed by atoms with Crippen molar-refractivity contribution in [1.29, 1.82) is 0 Å². The van der Waals surface area contributed by atoms with Gasteiger partial charge in [0.1, 0.15) is 0 Å². The van der Waals surface area contributed by atoms with Crippen LogP contribution in [0.25, 0.3) is 0 Å². The fraction of sp³-hybridized carbons (Fsp3) is 0.400. The zero-order chi connectivity index (χ0) is 14.8. The summed E-state index contributed by atoms with van der Waals surface area (Å²) in [7, 11) is 0. The van der Waals surface area contributed by atoms with Crippen LogP contribution in [0.1, 0.15) is 5.56 Å². The van der Waals surface area contributed by atoms with Gasteiger partial charge in [-0.05, 0) is 18.1 Å². The largest absolute Gasteiger partial charge is 0.342 e. The number of para-hydroxylation sites is 1. The second kappa shape index (κ2) is 5.55. The Morgan fingerprint density at radius 2 is 1.67 bits per heavy atom. The van der Waals surface area contributed by atoms with Crippen molar-refractivity contribution >= 4 is 23.9 Å². The van der Waals surface area contributed by atoms with Crippen LogP contribution in [0.5, 0.6) is 0 Å². The second-order valence-corrected chi connectivity index (χ2v) is 5.27. The topological polar surface area (TPSA) is 60.9 Å². The number of amides is 3. The quantitative estimate of drug-likeness (QED) is 0.534. The standard InChI is InChI=1S/C15H17N3O3/c19-11-16-7-9-17(10-8-16)14(20)15(21)18-6-5-12-3-1-2-4-13(12)18/h1-4,11H,5-10H2. The minimum Gasteiger partial charge on any atom is -0.342 e. The highest BCUT2D eigenvalue weighted by atomic mass is 16.2. The van der Waals surface area contributed by atoms with Gasteiger partial charge in [0, 0.05) is 38.4 Å². The summed E-state index contributed by atoms with van der Waals surface area (Å²) in [6, 6.07) is 7.67. The van der Waals surface area contributed by atoms with Gasteiger partial charge in [0.05, 0.1) is 0 Å². The maximum Gasteiger partial charge on any atom is 0.316 e. The summed E-state index contributed by atoms with van der Waals surface area (Å²) in [4.78, 5) is 40.1. The molecule has 2 aliphatic rings. The van der Waals surface area contributed by atoms with Crippen molar-refractivity contribution in [2.45, 2.75) is 6.42 Å². The smallest absolute Gasteiger partial charge is 0.316 e. The average Bonchev–Trinajstić information content (AvgIpc) is 2.97. The van der Waals surface area contributed by atoms with Gasteiger partial charge >= 0.3 is 11.8 Å². The van der Waals surface area contributed by atoms with E-state index in [0.29, 0.717) is 32.7 Å². The molecule has 6 nitrogen and oxygen atoms in total. The first-order valence-corrected chi connectivity index (χ1v) is 7.09. The summed E-state index contributed by atoms with van der Waals surface area (Å²) in [5.41, 5.74) is 1.94. The molecule has 1 aromatic rings. The molecule has 1 fully saturated rings. The number of hydrogen-bond donors (Lipinski definition) is 0. The van der Waals surface area contributed by atoms with Crippen molar-refractivity contribution in [2.75, 3.05) is 37.6 Å². The summed E-state index contributed by atoms with van der Waals surface area (Å²) < 4.78 is 0. The van der Waals surface area contributed by atoms with Crippen LogP contribution in [-0.2, 0) is 20.8 Å². The van der Waals surface area contributed by atoms with Gasteiger partial charge in [0.2, 0.25) is 6.41 Å². The average molecular weight is 287 g/mol. The molecule has 2 aliphatic heterocycles. The van der Waals surface area contributed by atoms with Gasteiger partial charge in [-0.2, -0.15) is 0 Å². The minimum atomic E-state index is -0.475. The number of carbonyl (C=O) groups excluding carboxylic acids is 3. The van der Waals surface area contributed by atoms with Crippen LogP contribution in [0.15, 0.2) is 24.3 Å². The van der Waals surface area contributed by atoms with Gasteiger partial charge in [0.15, 0.2) is 0 Å². The Hall–Kier alpha value is -2.37. The van der Waals surface area contributed by atoms with Crippen molar-refractivity contribution in [2.24, 2.45) is 0 Å². The van der Waals surface area contributed by atoms with Crippen LogP contribution in [0, 0.1) is 0 Å². The van der Waals surface area contributed by atoms with E-state index in [1.165, 1.54) is 4.90 Å². The molecule has 1 aromatic carbocycles. The molecule has 6 heteroatoms. The maximum atomic E-state index is 12.4.